The minimum Gasteiger partial charge on any atom is -0.484 e. The molecule has 0 saturated carbocycles. The minimum atomic E-state index is -0.214. The van der Waals surface area contributed by atoms with Gasteiger partial charge in [0.05, 0.1) is 0 Å². The molecule has 0 aliphatic carbocycles. The van der Waals surface area contributed by atoms with E-state index in [1.54, 1.807) is 42.5 Å². The first-order chi connectivity index (χ1) is 13.8. The van der Waals surface area contributed by atoms with Crippen LogP contribution in [0.1, 0.15) is 49.0 Å². The minimum absolute atomic E-state index is 0.00416. The van der Waals surface area contributed by atoms with Crippen LogP contribution < -0.4 is 10.1 Å². The summed E-state index contributed by atoms with van der Waals surface area (Å²) in [6.45, 7) is 6.07. The highest BCUT2D eigenvalue weighted by molar-refractivity contribution is 6.30. The van der Waals surface area contributed by atoms with E-state index < -0.39 is 0 Å². The van der Waals surface area contributed by atoms with E-state index in [0.717, 1.165) is 30.5 Å². The lowest BCUT2D eigenvalue weighted by Gasteiger charge is -2.38. The zero-order valence-electron chi connectivity index (χ0n) is 17.1. The van der Waals surface area contributed by atoms with Gasteiger partial charge < -0.3 is 15.0 Å². The van der Waals surface area contributed by atoms with Crippen LogP contribution in [0.25, 0.3) is 0 Å². The molecule has 1 fully saturated rings. The number of carbonyl (C=O) groups is 2. The van der Waals surface area contributed by atoms with E-state index in [0.29, 0.717) is 16.3 Å². The highest BCUT2D eigenvalue weighted by atomic mass is 35.5. The maximum Gasteiger partial charge on any atom is 0.260 e. The lowest BCUT2D eigenvalue weighted by Crippen LogP contribution is -2.49. The molecule has 0 radical (unpaired) electrons. The Morgan fingerprint density at radius 1 is 1.10 bits per heavy atom. The molecule has 1 N–H and O–H groups in total. The summed E-state index contributed by atoms with van der Waals surface area (Å²) in [7, 11) is 0. The van der Waals surface area contributed by atoms with Crippen LogP contribution in [-0.4, -0.2) is 35.4 Å². The third kappa shape index (κ3) is 5.30. The molecule has 6 heteroatoms. The third-order valence-corrected chi connectivity index (χ3v) is 5.63. The van der Waals surface area contributed by atoms with Gasteiger partial charge in [0.15, 0.2) is 6.61 Å². The standard InChI is InChI=1S/C23H27ClN2O3/c1-15-13-19(24)9-12-21(15)25-23(28)18-7-10-20(11-8-18)29-14-22(27)26-16(2)5-4-6-17(26)3/h7-13,16-17H,4-6,14H2,1-3H3,(H,25,28). The highest BCUT2D eigenvalue weighted by Gasteiger charge is 2.28. The van der Waals surface area contributed by atoms with Crippen molar-refractivity contribution in [3.05, 3.63) is 58.6 Å². The molecule has 154 valence electrons. The Morgan fingerprint density at radius 3 is 2.38 bits per heavy atom. The van der Waals surface area contributed by atoms with Crippen LogP contribution in [0, 0.1) is 6.92 Å². The zero-order valence-corrected chi connectivity index (χ0v) is 17.8. The second-order valence-electron chi connectivity index (χ2n) is 7.66. The van der Waals surface area contributed by atoms with Crippen LogP contribution in [0.5, 0.6) is 5.75 Å². The molecule has 29 heavy (non-hydrogen) atoms. The molecule has 1 aliphatic heterocycles. The van der Waals surface area contributed by atoms with Gasteiger partial charge >= 0.3 is 0 Å². The lowest BCUT2D eigenvalue weighted by atomic mass is 9.97. The maximum atomic E-state index is 12.6. The van der Waals surface area contributed by atoms with E-state index in [1.807, 2.05) is 11.8 Å². The van der Waals surface area contributed by atoms with Crippen molar-refractivity contribution in [2.45, 2.75) is 52.1 Å². The first kappa shape index (κ1) is 21.2. The Bertz CT molecular complexity index is 872. The van der Waals surface area contributed by atoms with Crippen molar-refractivity contribution in [3.63, 3.8) is 0 Å². The fraction of sp³-hybridized carbons (Fsp3) is 0.391. The number of carbonyl (C=O) groups excluding carboxylic acids is 2. The van der Waals surface area contributed by atoms with Crippen molar-refractivity contribution in [2.75, 3.05) is 11.9 Å². The van der Waals surface area contributed by atoms with Crippen LogP contribution in [0.2, 0.25) is 5.02 Å². The quantitative estimate of drug-likeness (QED) is 0.743. The maximum absolute atomic E-state index is 12.6. The SMILES string of the molecule is Cc1cc(Cl)ccc1NC(=O)c1ccc(OCC(=O)N2C(C)CCCC2C)cc1. The number of nitrogens with one attached hydrogen (secondary N) is 1. The zero-order chi connectivity index (χ0) is 21.0. The number of nitrogens with zero attached hydrogens (tertiary/aromatic N) is 1. The number of halogens is 1. The number of aryl methyl sites for hydroxylation is 1. The van der Waals surface area contributed by atoms with Crippen LogP contribution in [0.15, 0.2) is 42.5 Å². The van der Waals surface area contributed by atoms with Gasteiger partial charge in [-0.2, -0.15) is 0 Å². The average Bonchev–Trinajstić information content (AvgIpc) is 2.68. The van der Waals surface area contributed by atoms with Gasteiger partial charge in [-0.15, -0.1) is 0 Å². The molecular weight excluding hydrogens is 388 g/mol. The number of ether oxygens (including phenoxy) is 1. The molecule has 0 aromatic heterocycles. The molecule has 2 atom stereocenters. The second kappa shape index (κ2) is 9.31. The lowest BCUT2D eigenvalue weighted by molar-refractivity contribution is -0.139. The van der Waals surface area contributed by atoms with Gasteiger partial charge in [0, 0.05) is 28.4 Å². The van der Waals surface area contributed by atoms with Crippen molar-refractivity contribution in [3.8, 4) is 5.75 Å². The molecule has 5 nitrogen and oxygen atoms in total. The fourth-order valence-corrected chi connectivity index (χ4v) is 4.02. The Balaban J connectivity index is 1.57. The number of hydrogen-bond acceptors (Lipinski definition) is 3. The van der Waals surface area contributed by atoms with Crippen LogP contribution in [0.3, 0.4) is 0 Å². The van der Waals surface area contributed by atoms with Gasteiger partial charge in [-0.1, -0.05) is 11.6 Å². The summed E-state index contributed by atoms with van der Waals surface area (Å²) in [5.74, 6) is 0.355. The summed E-state index contributed by atoms with van der Waals surface area (Å²) in [5, 5.41) is 3.51. The number of anilines is 1. The van der Waals surface area contributed by atoms with E-state index in [-0.39, 0.29) is 30.5 Å². The summed E-state index contributed by atoms with van der Waals surface area (Å²) >= 11 is 5.95. The normalized spacial score (nSPS) is 19.0. The van der Waals surface area contributed by atoms with E-state index in [1.165, 1.54) is 0 Å². The van der Waals surface area contributed by atoms with Gasteiger partial charge in [0.25, 0.3) is 11.8 Å². The number of piperidine rings is 1. The summed E-state index contributed by atoms with van der Waals surface area (Å²) in [4.78, 5) is 26.9. The first-order valence-corrected chi connectivity index (χ1v) is 10.3. The van der Waals surface area contributed by atoms with Gasteiger partial charge in [0.1, 0.15) is 5.75 Å². The fourth-order valence-electron chi connectivity index (χ4n) is 3.80. The predicted octanol–water partition coefficient (Wildman–Crippen LogP) is 5.07. The Morgan fingerprint density at radius 2 is 1.76 bits per heavy atom. The molecular formula is C23H27ClN2O3. The molecule has 1 aliphatic rings. The van der Waals surface area contributed by atoms with E-state index in [2.05, 4.69) is 19.2 Å². The van der Waals surface area contributed by atoms with Gasteiger partial charge in [-0.25, -0.2) is 0 Å². The predicted molar refractivity (Wildman–Crippen MR) is 116 cm³/mol. The number of hydrogen-bond donors (Lipinski definition) is 1. The van der Waals surface area contributed by atoms with Crippen molar-refractivity contribution < 1.29 is 14.3 Å². The van der Waals surface area contributed by atoms with Gasteiger partial charge in [0.2, 0.25) is 0 Å². The topological polar surface area (TPSA) is 58.6 Å². The number of rotatable bonds is 5. The van der Waals surface area contributed by atoms with Crippen molar-refractivity contribution >= 4 is 29.1 Å². The third-order valence-electron chi connectivity index (χ3n) is 5.40. The smallest absolute Gasteiger partial charge is 0.260 e. The number of benzene rings is 2. The molecule has 2 aromatic rings. The van der Waals surface area contributed by atoms with Crippen molar-refractivity contribution in [1.29, 1.82) is 0 Å². The summed E-state index contributed by atoms with van der Waals surface area (Å²) in [6.07, 6.45) is 3.23. The summed E-state index contributed by atoms with van der Waals surface area (Å²) < 4.78 is 5.67. The molecule has 2 unspecified atom stereocenters. The second-order valence-corrected chi connectivity index (χ2v) is 8.09. The number of amides is 2. The summed E-state index contributed by atoms with van der Waals surface area (Å²) in [6, 6.07) is 12.6. The van der Waals surface area contributed by atoms with Crippen LogP contribution >= 0.6 is 11.6 Å². The molecule has 2 amide bonds. The van der Waals surface area contributed by atoms with E-state index in [9.17, 15) is 9.59 Å². The molecule has 2 aromatic carbocycles. The monoisotopic (exact) mass is 414 g/mol. The summed E-state index contributed by atoms with van der Waals surface area (Å²) in [5.41, 5.74) is 2.12. The molecule has 1 saturated heterocycles. The molecule has 0 bridgehead atoms. The molecule has 1 heterocycles. The van der Waals surface area contributed by atoms with Crippen molar-refractivity contribution in [2.24, 2.45) is 0 Å². The van der Waals surface area contributed by atoms with Crippen molar-refractivity contribution in [1.82, 2.24) is 4.90 Å². The molecule has 3 rings (SSSR count). The van der Waals surface area contributed by atoms with E-state index >= 15 is 0 Å². The Hall–Kier alpha value is -2.53. The Kier molecular flexibility index (Phi) is 6.80. The van der Waals surface area contributed by atoms with E-state index in [4.69, 9.17) is 16.3 Å². The molecule has 0 spiro atoms. The van der Waals surface area contributed by atoms with Gasteiger partial charge in [-0.3, -0.25) is 9.59 Å². The van der Waals surface area contributed by atoms with Crippen LogP contribution in [-0.2, 0) is 4.79 Å². The highest BCUT2D eigenvalue weighted by Crippen LogP contribution is 2.23. The number of likely N-dealkylation sites (tertiary alicyclic amines) is 1. The Labute approximate surface area is 177 Å². The van der Waals surface area contributed by atoms with Gasteiger partial charge in [-0.05, 0) is 88.1 Å². The average molecular weight is 415 g/mol. The first-order valence-electron chi connectivity index (χ1n) is 9.96. The largest absolute Gasteiger partial charge is 0.484 e. The van der Waals surface area contributed by atoms with Crippen LogP contribution in [0.4, 0.5) is 5.69 Å².